The fourth-order valence-corrected chi connectivity index (χ4v) is 4.14. The molecule has 0 unspecified atom stereocenters. The van der Waals surface area contributed by atoms with Gasteiger partial charge in [-0.1, -0.05) is 0 Å². The summed E-state index contributed by atoms with van der Waals surface area (Å²) in [7, 11) is 0. The van der Waals surface area contributed by atoms with E-state index in [-0.39, 0.29) is 0 Å². The number of carboxylic acids is 1. The summed E-state index contributed by atoms with van der Waals surface area (Å²) < 4.78 is 0. The average molecular weight is 301 g/mol. The van der Waals surface area contributed by atoms with Gasteiger partial charge < -0.3 is 15.5 Å². The van der Waals surface area contributed by atoms with Crippen LogP contribution in [0.5, 0.6) is 0 Å². The Hall–Kier alpha value is -1.05. The van der Waals surface area contributed by atoms with Gasteiger partial charge in [0.15, 0.2) is 6.04 Å². The number of carboxylic acid groups (broad SMARTS) is 1. The standard InChI is InChI=1S/C12H15NO4S2/c1-6(14)10(12(16)17)13-11(15)9-4-7-5-18-3-2-8(7)19-9/h4,6,10,14H,2-3,5H2,1H3,(H,13,15)(H,16,17)/t6-,10+/m1/s1. The molecular weight excluding hydrogens is 286 g/mol. The van der Waals surface area contributed by atoms with Gasteiger partial charge in [-0.05, 0) is 30.7 Å². The summed E-state index contributed by atoms with van der Waals surface area (Å²) in [6.07, 6.45) is -0.178. The number of thiophene rings is 1. The van der Waals surface area contributed by atoms with Gasteiger partial charge in [-0.25, -0.2) is 4.79 Å². The van der Waals surface area contributed by atoms with Crippen molar-refractivity contribution in [2.75, 3.05) is 5.75 Å². The van der Waals surface area contributed by atoms with Gasteiger partial charge in [-0.3, -0.25) is 4.79 Å². The highest BCUT2D eigenvalue weighted by molar-refractivity contribution is 7.98. The highest BCUT2D eigenvalue weighted by Crippen LogP contribution is 2.31. The Balaban J connectivity index is 2.11. The lowest BCUT2D eigenvalue weighted by molar-refractivity contribution is -0.141. The number of fused-ring (bicyclic) bond motifs is 1. The third-order valence-corrected chi connectivity index (χ3v) is 5.13. The molecule has 1 aromatic heterocycles. The molecule has 7 heteroatoms. The Labute approximate surface area is 119 Å². The van der Waals surface area contributed by atoms with Crippen molar-refractivity contribution in [1.29, 1.82) is 0 Å². The van der Waals surface area contributed by atoms with Crippen molar-refractivity contribution in [3.8, 4) is 0 Å². The molecule has 0 bridgehead atoms. The van der Waals surface area contributed by atoms with E-state index >= 15 is 0 Å². The van der Waals surface area contributed by atoms with E-state index in [4.69, 9.17) is 5.11 Å². The smallest absolute Gasteiger partial charge is 0.328 e. The molecule has 0 spiro atoms. The van der Waals surface area contributed by atoms with Gasteiger partial charge in [0.1, 0.15) is 0 Å². The summed E-state index contributed by atoms with van der Waals surface area (Å²) in [6.45, 7) is 1.34. The molecule has 0 radical (unpaired) electrons. The van der Waals surface area contributed by atoms with Crippen molar-refractivity contribution in [2.45, 2.75) is 31.2 Å². The van der Waals surface area contributed by atoms with E-state index in [1.165, 1.54) is 23.1 Å². The van der Waals surface area contributed by atoms with Gasteiger partial charge >= 0.3 is 5.97 Å². The molecule has 1 amide bonds. The van der Waals surface area contributed by atoms with Gasteiger partial charge in [-0.15, -0.1) is 11.3 Å². The van der Waals surface area contributed by atoms with Crippen LogP contribution in [0.4, 0.5) is 0 Å². The van der Waals surface area contributed by atoms with Crippen molar-refractivity contribution in [1.82, 2.24) is 5.32 Å². The van der Waals surface area contributed by atoms with Crippen LogP contribution in [0.3, 0.4) is 0 Å². The molecule has 1 aliphatic rings. The van der Waals surface area contributed by atoms with Crippen molar-refractivity contribution >= 4 is 35.0 Å². The quantitative estimate of drug-likeness (QED) is 0.775. The van der Waals surface area contributed by atoms with Crippen LogP contribution in [0.15, 0.2) is 6.07 Å². The number of hydrogen-bond donors (Lipinski definition) is 3. The van der Waals surface area contributed by atoms with Gasteiger partial charge in [0, 0.05) is 10.6 Å². The maximum Gasteiger partial charge on any atom is 0.328 e. The number of aryl methyl sites for hydroxylation is 1. The van der Waals surface area contributed by atoms with Crippen LogP contribution in [-0.2, 0) is 17.0 Å². The Morgan fingerprint density at radius 3 is 2.79 bits per heavy atom. The number of aliphatic hydroxyl groups is 1. The van der Waals surface area contributed by atoms with Crippen LogP contribution in [0.1, 0.15) is 27.0 Å². The molecule has 104 valence electrons. The third kappa shape index (κ3) is 3.29. The molecule has 0 aliphatic carbocycles. The van der Waals surface area contributed by atoms with Crippen molar-refractivity contribution in [2.24, 2.45) is 0 Å². The van der Waals surface area contributed by atoms with E-state index in [9.17, 15) is 14.7 Å². The molecule has 0 aromatic carbocycles. The van der Waals surface area contributed by atoms with Gasteiger partial charge in [-0.2, -0.15) is 11.8 Å². The molecule has 2 rings (SSSR count). The lowest BCUT2D eigenvalue weighted by Crippen LogP contribution is -2.47. The average Bonchev–Trinajstić information content (AvgIpc) is 2.78. The molecule has 0 fully saturated rings. The zero-order valence-electron chi connectivity index (χ0n) is 10.4. The first-order valence-electron chi connectivity index (χ1n) is 5.90. The Bertz CT molecular complexity index is 474. The van der Waals surface area contributed by atoms with Crippen molar-refractivity contribution in [3.05, 3.63) is 21.4 Å². The van der Waals surface area contributed by atoms with Crippen LogP contribution in [0.25, 0.3) is 0 Å². The molecule has 0 saturated heterocycles. The first-order valence-corrected chi connectivity index (χ1v) is 7.87. The van der Waals surface area contributed by atoms with E-state index in [2.05, 4.69) is 5.32 Å². The van der Waals surface area contributed by atoms with E-state index in [0.29, 0.717) is 4.88 Å². The molecule has 1 aromatic rings. The highest BCUT2D eigenvalue weighted by atomic mass is 32.2. The number of carbonyl (C=O) groups is 2. The van der Waals surface area contributed by atoms with E-state index in [1.54, 1.807) is 0 Å². The maximum absolute atomic E-state index is 12.0. The lowest BCUT2D eigenvalue weighted by atomic mass is 10.2. The zero-order valence-corrected chi connectivity index (χ0v) is 12.0. The molecule has 3 N–H and O–H groups in total. The Kier molecular flexibility index (Phi) is 4.49. The second-order valence-electron chi connectivity index (χ2n) is 4.39. The van der Waals surface area contributed by atoms with Gasteiger partial charge in [0.2, 0.25) is 0 Å². The first kappa shape index (κ1) is 14.4. The summed E-state index contributed by atoms with van der Waals surface area (Å²) in [5.74, 6) is 0.288. The van der Waals surface area contributed by atoms with E-state index < -0.39 is 24.0 Å². The van der Waals surface area contributed by atoms with E-state index in [1.807, 2.05) is 17.8 Å². The zero-order chi connectivity index (χ0) is 14.0. The van der Waals surface area contributed by atoms with Crippen LogP contribution in [-0.4, -0.2) is 40.0 Å². The minimum absolute atomic E-state index is 0.433. The Morgan fingerprint density at radius 2 is 2.21 bits per heavy atom. The van der Waals surface area contributed by atoms with Crippen LogP contribution in [0.2, 0.25) is 0 Å². The number of hydrogen-bond acceptors (Lipinski definition) is 5. The summed E-state index contributed by atoms with van der Waals surface area (Å²) in [5.41, 5.74) is 1.16. The fraction of sp³-hybridized carbons (Fsp3) is 0.500. The normalized spacial score (nSPS) is 17.4. The van der Waals surface area contributed by atoms with Crippen molar-refractivity contribution < 1.29 is 19.8 Å². The molecule has 2 atom stereocenters. The molecule has 19 heavy (non-hydrogen) atoms. The minimum Gasteiger partial charge on any atom is -0.480 e. The molecule has 1 aliphatic heterocycles. The van der Waals surface area contributed by atoms with Crippen LogP contribution >= 0.6 is 23.1 Å². The predicted molar refractivity (Wildman–Crippen MR) is 74.8 cm³/mol. The lowest BCUT2D eigenvalue weighted by Gasteiger charge is -2.16. The topological polar surface area (TPSA) is 86.6 Å². The molecule has 0 saturated carbocycles. The van der Waals surface area contributed by atoms with Crippen LogP contribution < -0.4 is 5.32 Å². The summed E-state index contributed by atoms with van der Waals surface area (Å²) >= 11 is 3.24. The molecule has 2 heterocycles. The summed E-state index contributed by atoms with van der Waals surface area (Å²) in [5, 5.41) is 20.6. The number of aliphatic carboxylic acids is 1. The SMILES string of the molecule is C[C@@H](O)[C@H](NC(=O)c1cc2c(s1)CCSC2)C(=O)O. The number of nitrogens with one attached hydrogen (secondary N) is 1. The number of carbonyl (C=O) groups excluding carboxylic acids is 1. The summed E-state index contributed by atoms with van der Waals surface area (Å²) in [6, 6.07) is 0.545. The Morgan fingerprint density at radius 1 is 1.47 bits per heavy atom. The number of aliphatic hydroxyl groups excluding tert-OH is 1. The number of amides is 1. The van der Waals surface area contributed by atoms with Gasteiger partial charge in [0.25, 0.3) is 5.91 Å². The van der Waals surface area contributed by atoms with E-state index in [0.717, 1.165) is 23.5 Å². The second kappa shape index (κ2) is 5.94. The van der Waals surface area contributed by atoms with Gasteiger partial charge in [0.05, 0.1) is 11.0 Å². The number of rotatable bonds is 4. The van der Waals surface area contributed by atoms with Crippen LogP contribution in [0, 0.1) is 0 Å². The minimum atomic E-state index is -1.28. The molecular formula is C12H15NO4S2. The largest absolute Gasteiger partial charge is 0.480 e. The molecule has 5 nitrogen and oxygen atoms in total. The second-order valence-corrected chi connectivity index (χ2v) is 6.63. The third-order valence-electron chi connectivity index (χ3n) is 2.89. The fourth-order valence-electron chi connectivity index (χ4n) is 1.86. The maximum atomic E-state index is 12.0. The number of thioether (sulfide) groups is 1. The predicted octanol–water partition coefficient (Wildman–Crippen LogP) is 1.10. The summed E-state index contributed by atoms with van der Waals surface area (Å²) in [4.78, 5) is 24.6. The highest BCUT2D eigenvalue weighted by Gasteiger charge is 2.26. The van der Waals surface area contributed by atoms with Crippen molar-refractivity contribution in [3.63, 3.8) is 0 Å². The monoisotopic (exact) mass is 301 g/mol. The first-order chi connectivity index (χ1) is 8.99.